The summed E-state index contributed by atoms with van der Waals surface area (Å²) in [4.78, 5) is 0. The molecular weight excluding hydrogens is 162 g/mol. The Kier molecular flexibility index (Phi) is 3.03. The Balaban J connectivity index is 2.63. The third-order valence-electron chi connectivity index (χ3n) is 2.45. The molecule has 0 spiro atoms. The van der Waals surface area contributed by atoms with Gasteiger partial charge in [0.2, 0.25) is 0 Å². The van der Waals surface area contributed by atoms with E-state index in [4.69, 9.17) is 10.8 Å². The van der Waals surface area contributed by atoms with E-state index in [1.54, 1.807) is 0 Å². The zero-order valence-electron chi connectivity index (χ0n) is 6.67. The molecule has 5 heteroatoms. The minimum atomic E-state index is -1.15. The van der Waals surface area contributed by atoms with Crippen LogP contribution in [0, 0.1) is 5.92 Å². The van der Waals surface area contributed by atoms with E-state index in [0.29, 0.717) is 0 Å². The largest absolute Gasteiger partial charge is 0.396 e. The third-order valence-corrected chi connectivity index (χ3v) is 2.45. The van der Waals surface area contributed by atoms with Gasteiger partial charge in [-0.05, 0) is 6.42 Å². The van der Waals surface area contributed by atoms with Gasteiger partial charge in [0, 0.05) is 12.5 Å². The molecule has 0 aliphatic heterocycles. The molecule has 0 saturated heterocycles. The number of nitrogens with two attached hydrogens (primary N) is 1. The fourth-order valence-electron chi connectivity index (χ4n) is 1.52. The van der Waals surface area contributed by atoms with Gasteiger partial charge in [-0.15, -0.1) is 0 Å². The average molecular weight is 177 g/mol. The Morgan fingerprint density at radius 1 is 1.17 bits per heavy atom. The Labute approximate surface area is 70.4 Å². The van der Waals surface area contributed by atoms with Crippen molar-refractivity contribution in [1.29, 1.82) is 0 Å². The maximum atomic E-state index is 9.32. The number of rotatable bonds is 1. The molecule has 6 N–H and O–H groups in total. The lowest BCUT2D eigenvalue weighted by atomic mass is 9.80. The molecule has 1 unspecified atom stereocenters. The fraction of sp³-hybridized carbons (Fsp3) is 1.00. The van der Waals surface area contributed by atoms with Crippen molar-refractivity contribution in [2.75, 3.05) is 6.61 Å². The van der Waals surface area contributed by atoms with Gasteiger partial charge in [-0.2, -0.15) is 0 Å². The van der Waals surface area contributed by atoms with Crippen molar-refractivity contribution in [3.8, 4) is 0 Å². The standard InChI is InChI=1S/C7H15NO4/c8-5-4(10)1-3(2-9)6(11)7(5)12/h3-7,9-12H,1-2,8H2/t3-,4?,5+,6-,7-/m1/s1. The van der Waals surface area contributed by atoms with Crippen LogP contribution in [-0.2, 0) is 0 Å². The molecule has 0 heterocycles. The minimum Gasteiger partial charge on any atom is -0.396 e. The molecule has 5 nitrogen and oxygen atoms in total. The molecular formula is C7H15NO4. The van der Waals surface area contributed by atoms with Gasteiger partial charge in [0.15, 0.2) is 0 Å². The summed E-state index contributed by atoms with van der Waals surface area (Å²) < 4.78 is 0. The number of aliphatic hydroxyl groups excluding tert-OH is 4. The van der Waals surface area contributed by atoms with Crippen molar-refractivity contribution >= 4 is 0 Å². The summed E-state index contributed by atoms with van der Waals surface area (Å²) in [5, 5.41) is 36.6. The van der Waals surface area contributed by atoms with Crippen molar-refractivity contribution in [3.63, 3.8) is 0 Å². The number of hydrogen-bond acceptors (Lipinski definition) is 5. The lowest BCUT2D eigenvalue weighted by Crippen LogP contribution is -2.58. The van der Waals surface area contributed by atoms with E-state index in [-0.39, 0.29) is 13.0 Å². The highest BCUT2D eigenvalue weighted by atomic mass is 16.3. The third kappa shape index (κ3) is 1.60. The zero-order chi connectivity index (χ0) is 9.30. The predicted octanol–water partition coefficient (Wildman–Crippen LogP) is -2.59. The summed E-state index contributed by atoms with van der Waals surface area (Å²) in [6.07, 6.45) is -2.80. The van der Waals surface area contributed by atoms with Crippen molar-refractivity contribution < 1.29 is 20.4 Å². The topological polar surface area (TPSA) is 107 Å². The molecule has 0 radical (unpaired) electrons. The van der Waals surface area contributed by atoms with Crippen LogP contribution in [0.25, 0.3) is 0 Å². The van der Waals surface area contributed by atoms with E-state index in [2.05, 4.69) is 0 Å². The molecule has 72 valence electrons. The molecule has 0 aromatic heterocycles. The van der Waals surface area contributed by atoms with Gasteiger partial charge in [0.05, 0.1) is 24.4 Å². The van der Waals surface area contributed by atoms with Gasteiger partial charge < -0.3 is 26.2 Å². The van der Waals surface area contributed by atoms with Gasteiger partial charge in [-0.25, -0.2) is 0 Å². The number of hydrogen-bond donors (Lipinski definition) is 5. The molecule has 0 amide bonds. The summed E-state index contributed by atoms with van der Waals surface area (Å²) in [7, 11) is 0. The highest BCUT2D eigenvalue weighted by Crippen LogP contribution is 2.24. The van der Waals surface area contributed by atoms with Crippen LogP contribution in [0.2, 0.25) is 0 Å². The second kappa shape index (κ2) is 3.68. The van der Waals surface area contributed by atoms with Crippen LogP contribution in [0.5, 0.6) is 0 Å². The SMILES string of the molecule is N[C@H]1C(O)C[C@H](CO)[C@@H](O)[C@@H]1O. The summed E-state index contributed by atoms with van der Waals surface area (Å²) in [6, 6.07) is -0.817. The number of aliphatic hydroxyl groups is 4. The first kappa shape index (κ1) is 9.88. The predicted molar refractivity (Wildman–Crippen MR) is 41.2 cm³/mol. The monoisotopic (exact) mass is 177 g/mol. The van der Waals surface area contributed by atoms with Crippen molar-refractivity contribution in [1.82, 2.24) is 0 Å². The Bertz CT molecular complexity index is 150. The van der Waals surface area contributed by atoms with Crippen LogP contribution in [0.1, 0.15) is 6.42 Å². The van der Waals surface area contributed by atoms with E-state index in [9.17, 15) is 15.3 Å². The molecule has 1 rings (SSSR count). The van der Waals surface area contributed by atoms with Crippen molar-refractivity contribution in [3.05, 3.63) is 0 Å². The molecule has 0 bridgehead atoms. The van der Waals surface area contributed by atoms with Crippen LogP contribution < -0.4 is 5.73 Å². The zero-order valence-corrected chi connectivity index (χ0v) is 6.67. The highest BCUT2D eigenvalue weighted by molar-refractivity contribution is 4.94. The summed E-state index contributed by atoms with van der Waals surface area (Å²) in [5.74, 6) is -0.477. The minimum absolute atomic E-state index is 0.232. The van der Waals surface area contributed by atoms with Crippen LogP contribution in [0.3, 0.4) is 0 Å². The molecule has 1 saturated carbocycles. The second-order valence-electron chi connectivity index (χ2n) is 3.30. The first-order valence-electron chi connectivity index (χ1n) is 3.98. The molecule has 0 aromatic rings. The highest BCUT2D eigenvalue weighted by Gasteiger charge is 2.40. The first-order valence-corrected chi connectivity index (χ1v) is 3.98. The molecule has 12 heavy (non-hydrogen) atoms. The van der Waals surface area contributed by atoms with E-state index in [0.717, 1.165) is 0 Å². The van der Waals surface area contributed by atoms with Crippen LogP contribution in [-0.4, -0.2) is 51.4 Å². The fourth-order valence-corrected chi connectivity index (χ4v) is 1.52. The molecule has 1 fully saturated rings. The molecule has 1 aliphatic carbocycles. The summed E-state index contributed by atoms with van der Waals surface area (Å²) >= 11 is 0. The molecule has 0 aromatic carbocycles. The van der Waals surface area contributed by atoms with Gasteiger partial charge >= 0.3 is 0 Å². The lowest BCUT2D eigenvalue weighted by Gasteiger charge is -2.38. The lowest BCUT2D eigenvalue weighted by molar-refractivity contribution is -0.106. The smallest absolute Gasteiger partial charge is 0.0978 e. The molecule has 5 atom stereocenters. The van der Waals surface area contributed by atoms with E-state index < -0.39 is 30.3 Å². The van der Waals surface area contributed by atoms with Gasteiger partial charge in [-0.1, -0.05) is 0 Å². The van der Waals surface area contributed by atoms with Crippen molar-refractivity contribution in [2.45, 2.75) is 30.8 Å². The normalized spacial score (nSPS) is 49.2. The summed E-state index contributed by atoms with van der Waals surface area (Å²) in [6.45, 7) is -0.248. The van der Waals surface area contributed by atoms with E-state index >= 15 is 0 Å². The van der Waals surface area contributed by atoms with Gasteiger partial charge in [0.1, 0.15) is 0 Å². The van der Waals surface area contributed by atoms with Crippen molar-refractivity contribution in [2.24, 2.45) is 11.7 Å². The molecule has 1 aliphatic rings. The van der Waals surface area contributed by atoms with E-state index in [1.807, 2.05) is 0 Å². The first-order chi connectivity index (χ1) is 5.57. The second-order valence-corrected chi connectivity index (χ2v) is 3.30. The Morgan fingerprint density at radius 2 is 1.75 bits per heavy atom. The van der Waals surface area contributed by atoms with Gasteiger partial charge in [0.25, 0.3) is 0 Å². The van der Waals surface area contributed by atoms with Crippen LogP contribution in [0.4, 0.5) is 0 Å². The quantitative estimate of drug-likeness (QED) is 0.302. The van der Waals surface area contributed by atoms with E-state index in [1.165, 1.54) is 0 Å². The van der Waals surface area contributed by atoms with Gasteiger partial charge in [-0.3, -0.25) is 0 Å². The maximum Gasteiger partial charge on any atom is 0.0978 e. The average Bonchev–Trinajstić information content (AvgIpc) is 2.08. The summed E-state index contributed by atoms with van der Waals surface area (Å²) in [5.41, 5.74) is 5.39. The Hall–Kier alpha value is -0.200. The Morgan fingerprint density at radius 3 is 2.25 bits per heavy atom. The van der Waals surface area contributed by atoms with Crippen LogP contribution in [0.15, 0.2) is 0 Å². The maximum absolute atomic E-state index is 9.32. The van der Waals surface area contributed by atoms with Crippen LogP contribution >= 0.6 is 0 Å².